The molecule has 1 saturated heterocycles. The number of ether oxygens (including phenoxy) is 1. The van der Waals surface area contributed by atoms with Gasteiger partial charge in [0.05, 0.1) is 25.3 Å². The first kappa shape index (κ1) is 16.6. The summed E-state index contributed by atoms with van der Waals surface area (Å²) in [6.45, 7) is 3.23. The smallest absolute Gasteiger partial charge is 0.275 e. The zero-order valence-electron chi connectivity index (χ0n) is 13.0. The van der Waals surface area contributed by atoms with Gasteiger partial charge in [-0.2, -0.15) is 0 Å². The van der Waals surface area contributed by atoms with E-state index in [1.165, 1.54) is 11.3 Å². The lowest BCUT2D eigenvalue weighted by Gasteiger charge is -2.25. The maximum absolute atomic E-state index is 12.0. The van der Waals surface area contributed by atoms with Crippen molar-refractivity contribution in [2.24, 2.45) is 0 Å². The van der Waals surface area contributed by atoms with Gasteiger partial charge in [0.1, 0.15) is 5.69 Å². The predicted molar refractivity (Wildman–Crippen MR) is 92.4 cm³/mol. The molecule has 2 aromatic rings. The Morgan fingerprint density at radius 3 is 2.42 bits per heavy atom. The van der Waals surface area contributed by atoms with E-state index in [2.05, 4.69) is 20.5 Å². The molecule has 2 N–H and O–H groups in total. The van der Waals surface area contributed by atoms with Gasteiger partial charge in [0.25, 0.3) is 5.91 Å². The van der Waals surface area contributed by atoms with Crippen molar-refractivity contribution in [2.75, 3.05) is 43.5 Å². The first-order chi connectivity index (χ1) is 11.7. The highest BCUT2D eigenvalue weighted by molar-refractivity contribution is 7.07. The fraction of sp³-hybridized carbons (Fsp3) is 0.312. The number of aromatic nitrogens is 1. The standard InChI is InChI=1S/C16H18N4O3S/c21-15(9-20-5-7-23-8-6-20)18-12-1-3-13(4-2-12)19-16(22)14-10-24-11-17-14/h1-4,10-11H,5-9H2,(H,18,21)(H,19,22). The molecule has 1 fully saturated rings. The minimum Gasteiger partial charge on any atom is -0.379 e. The number of thiazole rings is 1. The monoisotopic (exact) mass is 346 g/mol. The van der Waals surface area contributed by atoms with Crippen LogP contribution in [0.4, 0.5) is 11.4 Å². The Balaban J connectivity index is 1.50. The van der Waals surface area contributed by atoms with Crippen LogP contribution in [0.15, 0.2) is 35.2 Å². The van der Waals surface area contributed by atoms with Crippen LogP contribution in [-0.4, -0.2) is 54.5 Å². The van der Waals surface area contributed by atoms with E-state index in [-0.39, 0.29) is 11.8 Å². The summed E-state index contributed by atoms with van der Waals surface area (Å²) in [4.78, 5) is 30.0. The fourth-order valence-electron chi connectivity index (χ4n) is 2.32. The fourth-order valence-corrected chi connectivity index (χ4v) is 2.85. The zero-order valence-corrected chi connectivity index (χ0v) is 13.8. The highest BCUT2D eigenvalue weighted by Crippen LogP contribution is 2.15. The molecule has 0 radical (unpaired) electrons. The van der Waals surface area contributed by atoms with Crippen molar-refractivity contribution in [3.05, 3.63) is 40.8 Å². The Kier molecular flexibility index (Phi) is 5.52. The van der Waals surface area contributed by atoms with Gasteiger partial charge >= 0.3 is 0 Å². The molecule has 2 heterocycles. The Bertz CT molecular complexity index is 682. The van der Waals surface area contributed by atoms with Gasteiger partial charge in [-0.15, -0.1) is 11.3 Å². The Hall–Kier alpha value is -2.29. The van der Waals surface area contributed by atoms with Crippen molar-refractivity contribution in [3.63, 3.8) is 0 Å². The first-order valence-electron chi connectivity index (χ1n) is 7.60. The lowest BCUT2D eigenvalue weighted by Crippen LogP contribution is -2.41. The van der Waals surface area contributed by atoms with Crippen molar-refractivity contribution in [2.45, 2.75) is 0 Å². The van der Waals surface area contributed by atoms with Gasteiger partial charge in [-0.1, -0.05) is 0 Å². The van der Waals surface area contributed by atoms with Crippen molar-refractivity contribution in [3.8, 4) is 0 Å². The van der Waals surface area contributed by atoms with Crippen LogP contribution >= 0.6 is 11.3 Å². The summed E-state index contributed by atoms with van der Waals surface area (Å²) in [5, 5.41) is 7.30. The van der Waals surface area contributed by atoms with Gasteiger partial charge in [-0.25, -0.2) is 4.98 Å². The van der Waals surface area contributed by atoms with Crippen molar-refractivity contribution in [1.29, 1.82) is 0 Å². The summed E-state index contributed by atoms with van der Waals surface area (Å²) < 4.78 is 5.26. The molecular formula is C16H18N4O3S. The molecule has 1 aromatic carbocycles. The van der Waals surface area contributed by atoms with Crippen molar-refractivity contribution < 1.29 is 14.3 Å². The number of morpholine rings is 1. The summed E-state index contributed by atoms with van der Waals surface area (Å²) in [5.41, 5.74) is 3.35. The van der Waals surface area contributed by atoms with Crippen LogP contribution in [0.5, 0.6) is 0 Å². The normalized spacial score (nSPS) is 15.0. The van der Waals surface area contributed by atoms with Crippen LogP contribution in [0.2, 0.25) is 0 Å². The summed E-state index contributed by atoms with van der Waals surface area (Å²) in [7, 11) is 0. The lowest BCUT2D eigenvalue weighted by atomic mass is 10.2. The number of carbonyl (C=O) groups is 2. The molecule has 1 aliphatic rings. The summed E-state index contributed by atoms with van der Waals surface area (Å²) in [6, 6.07) is 7.00. The zero-order chi connectivity index (χ0) is 16.8. The first-order valence-corrected chi connectivity index (χ1v) is 8.54. The molecule has 1 aromatic heterocycles. The number of rotatable bonds is 5. The molecule has 1 aliphatic heterocycles. The Labute approximate surface area is 143 Å². The lowest BCUT2D eigenvalue weighted by molar-refractivity contribution is -0.118. The molecule has 0 spiro atoms. The van der Waals surface area contributed by atoms with E-state index in [9.17, 15) is 9.59 Å². The van der Waals surface area contributed by atoms with Gasteiger partial charge in [0.2, 0.25) is 5.91 Å². The second-order valence-corrected chi connectivity index (χ2v) is 6.06. The van der Waals surface area contributed by atoms with E-state index in [0.29, 0.717) is 36.8 Å². The van der Waals surface area contributed by atoms with Gasteiger partial charge in [-0.3, -0.25) is 14.5 Å². The molecule has 3 rings (SSSR count). The van der Waals surface area contributed by atoms with Crippen LogP contribution in [-0.2, 0) is 9.53 Å². The Morgan fingerprint density at radius 2 is 1.79 bits per heavy atom. The Morgan fingerprint density at radius 1 is 1.12 bits per heavy atom. The number of anilines is 2. The van der Waals surface area contributed by atoms with Crippen LogP contribution in [0.1, 0.15) is 10.5 Å². The number of benzene rings is 1. The highest BCUT2D eigenvalue weighted by atomic mass is 32.1. The number of amides is 2. The van der Waals surface area contributed by atoms with Crippen LogP contribution in [0.3, 0.4) is 0 Å². The molecular weight excluding hydrogens is 328 g/mol. The van der Waals surface area contributed by atoms with E-state index in [4.69, 9.17) is 4.74 Å². The summed E-state index contributed by atoms with van der Waals surface area (Å²) in [6.07, 6.45) is 0. The summed E-state index contributed by atoms with van der Waals surface area (Å²) >= 11 is 1.37. The molecule has 0 atom stereocenters. The third-order valence-electron chi connectivity index (χ3n) is 3.56. The summed E-state index contributed by atoms with van der Waals surface area (Å²) in [5.74, 6) is -0.309. The molecule has 0 unspecified atom stereocenters. The highest BCUT2D eigenvalue weighted by Gasteiger charge is 2.14. The van der Waals surface area contributed by atoms with Gasteiger partial charge in [0.15, 0.2) is 0 Å². The van der Waals surface area contributed by atoms with Crippen LogP contribution in [0, 0.1) is 0 Å². The number of nitrogens with zero attached hydrogens (tertiary/aromatic N) is 2. The maximum atomic E-state index is 12.0. The van der Waals surface area contributed by atoms with Crippen LogP contribution < -0.4 is 10.6 Å². The molecule has 0 saturated carbocycles. The average molecular weight is 346 g/mol. The van der Waals surface area contributed by atoms with Gasteiger partial charge in [0, 0.05) is 29.8 Å². The molecule has 126 valence electrons. The second-order valence-electron chi connectivity index (χ2n) is 5.34. The predicted octanol–water partition coefficient (Wildman–Crippen LogP) is 1.67. The van der Waals surface area contributed by atoms with E-state index in [1.807, 2.05) is 0 Å². The van der Waals surface area contributed by atoms with Crippen molar-refractivity contribution in [1.82, 2.24) is 9.88 Å². The van der Waals surface area contributed by atoms with E-state index in [1.54, 1.807) is 35.2 Å². The maximum Gasteiger partial charge on any atom is 0.275 e. The van der Waals surface area contributed by atoms with Crippen molar-refractivity contribution >= 4 is 34.5 Å². The molecule has 8 heteroatoms. The average Bonchev–Trinajstić information content (AvgIpc) is 3.12. The number of nitrogens with one attached hydrogen (secondary N) is 2. The molecule has 0 bridgehead atoms. The third kappa shape index (κ3) is 4.60. The van der Waals surface area contributed by atoms with E-state index in [0.717, 1.165) is 13.1 Å². The van der Waals surface area contributed by atoms with Crippen LogP contribution in [0.25, 0.3) is 0 Å². The molecule has 7 nitrogen and oxygen atoms in total. The quantitative estimate of drug-likeness (QED) is 0.860. The minimum atomic E-state index is -0.250. The topological polar surface area (TPSA) is 83.6 Å². The second kappa shape index (κ2) is 8.00. The number of hydrogen-bond acceptors (Lipinski definition) is 6. The number of carbonyl (C=O) groups excluding carboxylic acids is 2. The molecule has 2 amide bonds. The molecule has 24 heavy (non-hydrogen) atoms. The SMILES string of the molecule is O=C(CN1CCOCC1)Nc1ccc(NC(=O)c2cscn2)cc1. The van der Waals surface area contributed by atoms with Gasteiger partial charge < -0.3 is 15.4 Å². The van der Waals surface area contributed by atoms with E-state index >= 15 is 0 Å². The molecule has 0 aliphatic carbocycles. The van der Waals surface area contributed by atoms with Gasteiger partial charge in [-0.05, 0) is 24.3 Å². The third-order valence-corrected chi connectivity index (χ3v) is 4.15. The minimum absolute atomic E-state index is 0.0591. The largest absolute Gasteiger partial charge is 0.379 e. The number of hydrogen-bond donors (Lipinski definition) is 2. The van der Waals surface area contributed by atoms with E-state index < -0.39 is 0 Å².